The first kappa shape index (κ1) is 24.4. The molecule has 1 aromatic carbocycles. The number of rotatable bonds is 11. The molecule has 0 saturated carbocycles. The van der Waals surface area contributed by atoms with Gasteiger partial charge in [0, 0.05) is 31.5 Å². The van der Waals surface area contributed by atoms with Crippen molar-refractivity contribution in [3.63, 3.8) is 0 Å². The van der Waals surface area contributed by atoms with E-state index in [2.05, 4.69) is 21.8 Å². The number of amides is 2. The number of unbranched alkanes of at least 4 members (excludes halogenated alkanes) is 3. The lowest BCUT2D eigenvalue weighted by atomic mass is 9.86. The van der Waals surface area contributed by atoms with Gasteiger partial charge in [-0.3, -0.25) is 14.3 Å². The minimum Gasteiger partial charge on any atom is -0.396 e. The molecule has 0 aliphatic carbocycles. The summed E-state index contributed by atoms with van der Waals surface area (Å²) in [5, 5.41) is 28.6. The fraction of sp³-hybridized carbons (Fsp3) is 0.565. The number of aliphatic hydroxyl groups is 1. The molecule has 1 unspecified atom stereocenters. The standard InChI is InChI=1S/C23H33N5O3/c1-23(2,3)20(22(31)25-14-8-10-16-29)26-21(30)19-17-11-5-6-12-18(17)28(27-19)15-9-4-7-13-24/h5-6,11-12,20,29H,4,7-10,14-16H2,1-3H3,(H,25,31)(H,26,30). The number of benzene rings is 1. The van der Waals surface area contributed by atoms with E-state index >= 15 is 0 Å². The molecule has 0 fully saturated rings. The Morgan fingerprint density at radius 1 is 1.19 bits per heavy atom. The van der Waals surface area contributed by atoms with Crippen molar-refractivity contribution >= 4 is 22.7 Å². The Labute approximate surface area is 183 Å². The predicted octanol–water partition coefficient (Wildman–Crippen LogP) is 2.76. The smallest absolute Gasteiger partial charge is 0.273 e. The van der Waals surface area contributed by atoms with Crippen LogP contribution in [0, 0.1) is 16.7 Å². The molecule has 2 rings (SSSR count). The summed E-state index contributed by atoms with van der Waals surface area (Å²) < 4.78 is 1.79. The number of aryl methyl sites for hydroxylation is 1. The van der Waals surface area contributed by atoms with Crippen LogP contribution < -0.4 is 10.6 Å². The quantitative estimate of drug-likeness (QED) is 0.476. The summed E-state index contributed by atoms with van der Waals surface area (Å²) >= 11 is 0. The SMILES string of the molecule is CC(C)(C)C(NC(=O)c1nn(CCCCC#N)c2ccccc12)C(=O)NCCCCO. The van der Waals surface area contributed by atoms with Gasteiger partial charge in [0.25, 0.3) is 5.91 Å². The number of nitrogens with one attached hydrogen (secondary N) is 2. The molecule has 0 spiro atoms. The molecule has 168 valence electrons. The van der Waals surface area contributed by atoms with Gasteiger partial charge in [0.2, 0.25) is 5.91 Å². The van der Waals surface area contributed by atoms with Crippen LogP contribution >= 0.6 is 0 Å². The van der Waals surface area contributed by atoms with Crippen LogP contribution in [-0.2, 0) is 11.3 Å². The second kappa shape index (κ2) is 11.5. The number of aromatic nitrogens is 2. The fourth-order valence-electron chi connectivity index (χ4n) is 3.36. The molecule has 1 aromatic heterocycles. The van der Waals surface area contributed by atoms with Crippen LogP contribution in [0.1, 0.15) is 63.4 Å². The predicted molar refractivity (Wildman–Crippen MR) is 119 cm³/mol. The number of aliphatic hydroxyl groups excluding tert-OH is 1. The van der Waals surface area contributed by atoms with E-state index in [1.165, 1.54) is 0 Å². The molecule has 0 radical (unpaired) electrons. The van der Waals surface area contributed by atoms with Gasteiger partial charge in [-0.1, -0.05) is 39.0 Å². The Morgan fingerprint density at radius 2 is 1.94 bits per heavy atom. The number of fused-ring (bicyclic) bond motifs is 1. The highest BCUT2D eigenvalue weighted by molar-refractivity contribution is 6.06. The highest BCUT2D eigenvalue weighted by atomic mass is 16.3. The van der Waals surface area contributed by atoms with Crippen LogP contribution in [0.5, 0.6) is 0 Å². The Kier molecular flexibility index (Phi) is 9.01. The molecule has 2 aromatic rings. The first-order valence-corrected chi connectivity index (χ1v) is 10.8. The van der Waals surface area contributed by atoms with Crippen LogP contribution in [0.2, 0.25) is 0 Å². The highest BCUT2D eigenvalue weighted by Gasteiger charge is 2.33. The van der Waals surface area contributed by atoms with Crippen LogP contribution in [0.3, 0.4) is 0 Å². The van der Waals surface area contributed by atoms with Gasteiger partial charge in [-0.05, 0) is 37.2 Å². The van der Waals surface area contributed by atoms with E-state index in [0.717, 1.165) is 23.7 Å². The van der Waals surface area contributed by atoms with Crippen molar-refractivity contribution in [3.8, 4) is 6.07 Å². The van der Waals surface area contributed by atoms with Gasteiger partial charge in [-0.25, -0.2) is 0 Å². The van der Waals surface area contributed by atoms with Crippen molar-refractivity contribution in [1.82, 2.24) is 20.4 Å². The molecule has 1 heterocycles. The Balaban J connectivity index is 2.19. The summed E-state index contributed by atoms with van der Waals surface area (Å²) in [4.78, 5) is 25.9. The molecular weight excluding hydrogens is 394 g/mol. The summed E-state index contributed by atoms with van der Waals surface area (Å²) in [6.07, 6.45) is 3.35. The van der Waals surface area contributed by atoms with Crippen LogP contribution in [0.15, 0.2) is 24.3 Å². The number of hydrogen-bond acceptors (Lipinski definition) is 5. The third-order valence-corrected chi connectivity index (χ3v) is 5.07. The molecule has 0 saturated heterocycles. The first-order valence-electron chi connectivity index (χ1n) is 10.8. The zero-order valence-electron chi connectivity index (χ0n) is 18.6. The maximum Gasteiger partial charge on any atom is 0.273 e. The number of nitrogens with zero attached hydrogens (tertiary/aromatic N) is 3. The molecule has 31 heavy (non-hydrogen) atoms. The lowest BCUT2D eigenvalue weighted by Crippen LogP contribution is -2.53. The van der Waals surface area contributed by atoms with Crippen molar-refractivity contribution in [2.45, 2.75) is 65.5 Å². The zero-order chi connectivity index (χ0) is 22.9. The molecule has 8 nitrogen and oxygen atoms in total. The van der Waals surface area contributed by atoms with E-state index in [4.69, 9.17) is 10.4 Å². The highest BCUT2D eigenvalue weighted by Crippen LogP contribution is 2.23. The average molecular weight is 428 g/mol. The first-order chi connectivity index (χ1) is 14.8. The van der Waals surface area contributed by atoms with E-state index in [0.29, 0.717) is 38.0 Å². The molecule has 0 bridgehead atoms. The third kappa shape index (κ3) is 6.79. The number of carbonyl (C=O) groups excluding carboxylic acids is 2. The van der Waals surface area contributed by atoms with Crippen molar-refractivity contribution in [2.75, 3.05) is 13.2 Å². The maximum absolute atomic E-state index is 13.1. The molecule has 1 atom stereocenters. The zero-order valence-corrected chi connectivity index (χ0v) is 18.6. The van der Waals surface area contributed by atoms with Crippen LogP contribution in [0.25, 0.3) is 10.9 Å². The Bertz CT molecular complexity index is 923. The summed E-state index contributed by atoms with van der Waals surface area (Å²) in [5.74, 6) is -0.642. The molecular formula is C23H33N5O3. The number of carbonyl (C=O) groups is 2. The van der Waals surface area contributed by atoms with Gasteiger partial charge in [0.05, 0.1) is 11.6 Å². The second-order valence-electron chi connectivity index (χ2n) is 8.70. The van der Waals surface area contributed by atoms with Crippen molar-refractivity contribution in [3.05, 3.63) is 30.0 Å². The second-order valence-corrected chi connectivity index (χ2v) is 8.70. The van der Waals surface area contributed by atoms with Crippen molar-refractivity contribution in [1.29, 1.82) is 5.26 Å². The van der Waals surface area contributed by atoms with Crippen molar-refractivity contribution < 1.29 is 14.7 Å². The summed E-state index contributed by atoms with van der Waals surface area (Å²) in [6, 6.07) is 8.93. The lowest BCUT2D eigenvalue weighted by Gasteiger charge is -2.30. The van der Waals surface area contributed by atoms with Gasteiger partial charge < -0.3 is 15.7 Å². The van der Waals surface area contributed by atoms with E-state index in [1.54, 1.807) is 4.68 Å². The molecule has 2 amide bonds. The normalized spacial score (nSPS) is 12.4. The number of para-hydroxylation sites is 1. The van der Waals surface area contributed by atoms with E-state index < -0.39 is 17.4 Å². The molecule has 0 aliphatic heterocycles. The monoisotopic (exact) mass is 427 g/mol. The minimum atomic E-state index is -0.728. The summed E-state index contributed by atoms with van der Waals surface area (Å²) in [7, 11) is 0. The minimum absolute atomic E-state index is 0.0849. The van der Waals surface area contributed by atoms with Crippen LogP contribution in [0.4, 0.5) is 0 Å². The maximum atomic E-state index is 13.1. The van der Waals surface area contributed by atoms with Crippen molar-refractivity contribution in [2.24, 2.45) is 5.41 Å². The van der Waals surface area contributed by atoms with E-state index in [-0.39, 0.29) is 12.5 Å². The summed E-state index contributed by atoms with van der Waals surface area (Å²) in [6.45, 7) is 6.85. The van der Waals surface area contributed by atoms with Gasteiger partial charge in [-0.15, -0.1) is 0 Å². The van der Waals surface area contributed by atoms with E-state index in [1.807, 2.05) is 45.0 Å². The Morgan fingerprint density at radius 3 is 2.61 bits per heavy atom. The number of nitriles is 1. The average Bonchev–Trinajstić information content (AvgIpc) is 3.10. The fourth-order valence-corrected chi connectivity index (χ4v) is 3.36. The topological polar surface area (TPSA) is 120 Å². The molecule has 3 N–H and O–H groups in total. The Hall–Kier alpha value is -2.92. The van der Waals surface area contributed by atoms with Crippen LogP contribution in [-0.4, -0.2) is 45.9 Å². The lowest BCUT2D eigenvalue weighted by molar-refractivity contribution is -0.125. The molecule has 0 aliphatic rings. The summed E-state index contributed by atoms with van der Waals surface area (Å²) in [5.41, 5.74) is 0.649. The van der Waals surface area contributed by atoms with E-state index in [9.17, 15) is 9.59 Å². The molecule has 8 heteroatoms. The van der Waals surface area contributed by atoms with Gasteiger partial charge >= 0.3 is 0 Å². The number of hydrogen-bond donors (Lipinski definition) is 3. The van der Waals surface area contributed by atoms with Gasteiger partial charge in [-0.2, -0.15) is 10.4 Å². The van der Waals surface area contributed by atoms with Gasteiger partial charge in [0.1, 0.15) is 6.04 Å². The third-order valence-electron chi connectivity index (χ3n) is 5.07. The van der Waals surface area contributed by atoms with Gasteiger partial charge in [0.15, 0.2) is 5.69 Å². The largest absolute Gasteiger partial charge is 0.396 e.